The highest BCUT2D eigenvalue weighted by Crippen LogP contribution is 2.29. The predicted molar refractivity (Wildman–Crippen MR) is 105 cm³/mol. The minimum Gasteiger partial charge on any atom is -0.497 e. The van der Waals surface area contributed by atoms with Crippen LogP contribution in [0, 0.1) is 6.92 Å². The molecule has 1 N–H and O–H groups in total. The molecular formula is C21H21NO5S. The average Bonchev–Trinajstić information content (AvgIpc) is 3.22. The molecule has 0 saturated carbocycles. The molecule has 0 fully saturated rings. The molecule has 2 aromatic carbocycles. The summed E-state index contributed by atoms with van der Waals surface area (Å²) in [5, 5.41) is 1.66. The van der Waals surface area contributed by atoms with Crippen LogP contribution in [-0.2, 0) is 9.84 Å². The number of ether oxygens (including phenoxy) is 1. The fourth-order valence-corrected chi connectivity index (χ4v) is 4.35. The van der Waals surface area contributed by atoms with Gasteiger partial charge in [0.2, 0.25) is 0 Å². The number of rotatable bonds is 7. The van der Waals surface area contributed by atoms with E-state index in [-0.39, 0.29) is 23.1 Å². The van der Waals surface area contributed by atoms with Crippen LogP contribution in [0.5, 0.6) is 5.75 Å². The smallest absolute Gasteiger partial charge is 0.251 e. The number of nitrogens with one attached hydrogen (secondary N) is 1. The van der Waals surface area contributed by atoms with Crippen molar-refractivity contribution < 1.29 is 22.4 Å². The van der Waals surface area contributed by atoms with Crippen LogP contribution in [0.3, 0.4) is 0 Å². The summed E-state index contributed by atoms with van der Waals surface area (Å²) in [7, 11) is -2.22. The molecule has 1 amide bonds. The van der Waals surface area contributed by atoms with Gasteiger partial charge >= 0.3 is 0 Å². The largest absolute Gasteiger partial charge is 0.497 e. The lowest BCUT2D eigenvalue weighted by Gasteiger charge is -2.17. The van der Waals surface area contributed by atoms with Crippen LogP contribution < -0.4 is 10.1 Å². The van der Waals surface area contributed by atoms with Crippen molar-refractivity contribution in [1.82, 2.24) is 5.32 Å². The van der Waals surface area contributed by atoms with Crippen molar-refractivity contribution in [1.29, 1.82) is 0 Å². The van der Waals surface area contributed by atoms with E-state index in [1.54, 1.807) is 67.8 Å². The number of carbonyl (C=O) groups excluding carboxylic acids is 1. The fraction of sp³-hybridized carbons (Fsp3) is 0.190. The van der Waals surface area contributed by atoms with Crippen molar-refractivity contribution >= 4 is 15.7 Å². The molecule has 0 radical (unpaired) electrons. The van der Waals surface area contributed by atoms with Gasteiger partial charge in [0.1, 0.15) is 16.8 Å². The Kier molecular flexibility index (Phi) is 5.84. The molecule has 28 heavy (non-hydrogen) atoms. The molecule has 0 spiro atoms. The molecule has 146 valence electrons. The molecular weight excluding hydrogens is 378 g/mol. The number of hydrogen-bond donors (Lipinski definition) is 1. The summed E-state index contributed by atoms with van der Waals surface area (Å²) in [6.07, 6.45) is 1.41. The van der Waals surface area contributed by atoms with E-state index in [0.29, 0.717) is 11.3 Å². The van der Waals surface area contributed by atoms with Crippen LogP contribution in [0.25, 0.3) is 0 Å². The number of benzene rings is 2. The van der Waals surface area contributed by atoms with Crippen molar-refractivity contribution in [2.75, 3.05) is 13.7 Å². The molecule has 1 aromatic heterocycles. The highest BCUT2D eigenvalue weighted by Gasteiger charge is 2.31. The van der Waals surface area contributed by atoms with Crippen LogP contribution in [-0.4, -0.2) is 28.0 Å². The third-order valence-electron chi connectivity index (χ3n) is 4.38. The first-order valence-corrected chi connectivity index (χ1v) is 10.2. The van der Waals surface area contributed by atoms with E-state index in [2.05, 4.69) is 5.32 Å². The minimum atomic E-state index is -3.76. The van der Waals surface area contributed by atoms with Gasteiger partial charge in [-0.05, 0) is 55.5 Å². The van der Waals surface area contributed by atoms with Gasteiger partial charge in [-0.3, -0.25) is 4.79 Å². The summed E-state index contributed by atoms with van der Waals surface area (Å²) in [4.78, 5) is 12.6. The second kappa shape index (κ2) is 8.31. The number of aryl methyl sites for hydroxylation is 1. The zero-order valence-electron chi connectivity index (χ0n) is 15.6. The Morgan fingerprint density at radius 3 is 2.32 bits per heavy atom. The van der Waals surface area contributed by atoms with Gasteiger partial charge in [0.25, 0.3) is 5.91 Å². The summed E-state index contributed by atoms with van der Waals surface area (Å²) >= 11 is 0. The zero-order valence-corrected chi connectivity index (χ0v) is 16.4. The molecule has 0 aliphatic rings. The molecule has 0 unspecified atom stereocenters. The van der Waals surface area contributed by atoms with Crippen LogP contribution in [0.2, 0.25) is 0 Å². The van der Waals surface area contributed by atoms with Gasteiger partial charge in [-0.15, -0.1) is 0 Å². The van der Waals surface area contributed by atoms with Crippen LogP contribution in [0.1, 0.15) is 26.9 Å². The van der Waals surface area contributed by atoms with Crippen LogP contribution in [0.4, 0.5) is 0 Å². The third kappa shape index (κ3) is 4.26. The molecule has 7 heteroatoms. The highest BCUT2D eigenvalue weighted by molar-refractivity contribution is 7.91. The van der Waals surface area contributed by atoms with Crippen LogP contribution >= 0.6 is 0 Å². The first-order valence-electron chi connectivity index (χ1n) is 8.68. The van der Waals surface area contributed by atoms with E-state index in [4.69, 9.17) is 9.15 Å². The zero-order chi connectivity index (χ0) is 20.1. The maximum Gasteiger partial charge on any atom is 0.251 e. The predicted octanol–water partition coefficient (Wildman–Crippen LogP) is 3.54. The van der Waals surface area contributed by atoms with E-state index in [0.717, 1.165) is 5.56 Å². The maximum absolute atomic E-state index is 13.1. The van der Waals surface area contributed by atoms with Crippen molar-refractivity contribution in [2.24, 2.45) is 0 Å². The summed E-state index contributed by atoms with van der Waals surface area (Å²) in [5.41, 5.74) is 1.37. The fourth-order valence-electron chi connectivity index (χ4n) is 2.76. The average molecular weight is 399 g/mol. The summed E-state index contributed by atoms with van der Waals surface area (Å²) < 4.78 is 36.7. The van der Waals surface area contributed by atoms with E-state index >= 15 is 0 Å². The first kappa shape index (κ1) is 19.7. The molecule has 6 nitrogen and oxygen atoms in total. The number of methoxy groups -OCH3 is 1. The molecule has 1 heterocycles. The molecule has 0 bridgehead atoms. The lowest BCUT2D eigenvalue weighted by atomic mass is 10.2. The van der Waals surface area contributed by atoms with Gasteiger partial charge < -0.3 is 14.5 Å². The van der Waals surface area contributed by atoms with E-state index < -0.39 is 15.1 Å². The Morgan fingerprint density at radius 1 is 1.07 bits per heavy atom. The summed E-state index contributed by atoms with van der Waals surface area (Å²) in [5.74, 6) is 0.529. The normalized spacial score (nSPS) is 12.4. The van der Waals surface area contributed by atoms with Gasteiger partial charge in [-0.25, -0.2) is 8.42 Å². The molecule has 3 rings (SSSR count). The number of amides is 1. The first-order chi connectivity index (χ1) is 13.4. The van der Waals surface area contributed by atoms with Gasteiger partial charge in [-0.2, -0.15) is 0 Å². The van der Waals surface area contributed by atoms with E-state index in [1.807, 2.05) is 6.92 Å². The van der Waals surface area contributed by atoms with Crippen LogP contribution in [0.15, 0.2) is 76.2 Å². The maximum atomic E-state index is 13.1. The van der Waals surface area contributed by atoms with Gasteiger partial charge in [0.15, 0.2) is 9.84 Å². The Hall–Kier alpha value is -3.06. The molecule has 0 aliphatic carbocycles. The Balaban J connectivity index is 1.83. The second-order valence-electron chi connectivity index (χ2n) is 6.30. The number of furan rings is 1. The van der Waals surface area contributed by atoms with Crippen molar-refractivity contribution in [3.63, 3.8) is 0 Å². The van der Waals surface area contributed by atoms with Gasteiger partial charge in [-0.1, -0.05) is 17.7 Å². The van der Waals surface area contributed by atoms with Crippen molar-refractivity contribution in [3.05, 3.63) is 83.8 Å². The topological polar surface area (TPSA) is 85.6 Å². The highest BCUT2D eigenvalue weighted by atomic mass is 32.2. The lowest BCUT2D eigenvalue weighted by molar-refractivity contribution is 0.0953. The van der Waals surface area contributed by atoms with Crippen molar-refractivity contribution in [3.8, 4) is 5.75 Å². The number of hydrogen-bond acceptors (Lipinski definition) is 5. The molecule has 1 atom stereocenters. The number of sulfone groups is 1. The quantitative estimate of drug-likeness (QED) is 0.657. The third-order valence-corrected chi connectivity index (χ3v) is 6.46. The Bertz CT molecular complexity index is 1020. The van der Waals surface area contributed by atoms with E-state index in [9.17, 15) is 13.2 Å². The summed E-state index contributed by atoms with van der Waals surface area (Å²) in [6, 6.07) is 16.4. The van der Waals surface area contributed by atoms with Crippen molar-refractivity contribution in [2.45, 2.75) is 17.1 Å². The van der Waals surface area contributed by atoms with Gasteiger partial charge in [0.05, 0.1) is 18.3 Å². The Labute approximate surface area is 164 Å². The monoisotopic (exact) mass is 399 g/mol. The molecule has 3 aromatic rings. The standard InChI is InChI=1S/C21H21NO5S/c1-15-5-11-18(12-6-15)28(24,25)20(19-4-3-13-27-19)14-22-21(23)16-7-9-17(26-2)10-8-16/h3-13,20H,14H2,1-2H3,(H,22,23)/t20-/m1/s1. The second-order valence-corrected chi connectivity index (χ2v) is 8.43. The molecule has 0 saturated heterocycles. The minimum absolute atomic E-state index is 0.116. The number of carbonyl (C=O) groups is 1. The Morgan fingerprint density at radius 2 is 1.75 bits per heavy atom. The summed E-state index contributed by atoms with van der Waals surface area (Å²) in [6.45, 7) is 1.77. The lowest BCUT2D eigenvalue weighted by Crippen LogP contribution is -2.31. The van der Waals surface area contributed by atoms with E-state index in [1.165, 1.54) is 6.26 Å². The van der Waals surface area contributed by atoms with Gasteiger partial charge in [0, 0.05) is 12.1 Å². The SMILES string of the molecule is COc1ccc(C(=O)NC[C@H](c2ccco2)S(=O)(=O)c2ccc(C)cc2)cc1. The molecule has 0 aliphatic heterocycles.